The van der Waals surface area contributed by atoms with Crippen LogP contribution >= 0.6 is 0 Å². The van der Waals surface area contributed by atoms with Crippen LogP contribution in [-0.2, 0) is 24.9 Å². The van der Waals surface area contributed by atoms with Gasteiger partial charge in [-0.25, -0.2) is 0 Å². The second kappa shape index (κ2) is 5.45. The first kappa shape index (κ1) is 10.8. The molecular weight excluding hydrogens is 207 g/mol. The average molecular weight is 213 g/mol. The van der Waals surface area contributed by atoms with E-state index in [9.17, 15) is 9.59 Å². The van der Waals surface area contributed by atoms with Crippen LogP contribution in [0, 0.1) is 0 Å². The molecule has 0 aromatic carbocycles. The van der Waals surface area contributed by atoms with Crippen LogP contribution < -0.4 is 0 Å². The van der Waals surface area contributed by atoms with E-state index in [1.807, 2.05) is 0 Å². The van der Waals surface area contributed by atoms with Gasteiger partial charge < -0.3 is 0 Å². The van der Waals surface area contributed by atoms with Gasteiger partial charge in [-0.3, -0.25) is 0 Å². The molecule has 0 aromatic heterocycles. The summed E-state index contributed by atoms with van der Waals surface area (Å²) in [5.41, 5.74) is 0. The zero-order chi connectivity index (χ0) is 9.56. The van der Waals surface area contributed by atoms with Gasteiger partial charge >= 0.3 is 75.8 Å². The van der Waals surface area contributed by atoms with Gasteiger partial charge in [0.05, 0.1) is 0 Å². The molecule has 0 saturated heterocycles. The summed E-state index contributed by atoms with van der Waals surface area (Å²) in [7, 11) is 0. The predicted molar refractivity (Wildman–Crippen MR) is 38.6 cm³/mol. The van der Waals surface area contributed by atoms with E-state index >= 15 is 0 Å². The van der Waals surface area contributed by atoms with Crippen LogP contribution in [0.25, 0.3) is 0 Å². The Hall–Kier alpha value is -1.20. The van der Waals surface area contributed by atoms with E-state index in [2.05, 4.69) is 15.3 Å². The standard InChI is InChI=1S/C7H6O4.Co/c8-6(9)4-2-1-3-5-7(10)11;/h1-4H,(H,8,9)(H,10,11);/b3-1-,4-2?;. The van der Waals surface area contributed by atoms with Gasteiger partial charge in [0.2, 0.25) is 0 Å². The SMILES string of the molecule is O=C(O)C=C/C=C\[C](=[Co])C(=O)O. The molecule has 0 radical (unpaired) electrons. The van der Waals surface area contributed by atoms with Gasteiger partial charge in [-0.05, 0) is 0 Å². The Balaban J connectivity index is 4.01. The average Bonchev–Trinajstić information content (AvgIpc) is 1.97. The second-order valence-corrected chi connectivity index (χ2v) is 2.25. The molecule has 0 aromatic rings. The number of carboxylic acid groups (broad SMARTS) is 2. The van der Waals surface area contributed by atoms with Crippen molar-refractivity contribution in [1.29, 1.82) is 0 Å². The van der Waals surface area contributed by atoms with Gasteiger partial charge in [-0.1, -0.05) is 0 Å². The summed E-state index contributed by atoms with van der Waals surface area (Å²) >= 11 is 3.65. The molecule has 0 rings (SSSR count). The predicted octanol–water partition coefficient (Wildman–Crippen LogP) is -0.0128. The van der Waals surface area contributed by atoms with Crippen molar-refractivity contribution in [3.63, 3.8) is 0 Å². The van der Waals surface area contributed by atoms with Crippen molar-refractivity contribution in [1.82, 2.24) is 0 Å². The molecule has 4 nitrogen and oxygen atoms in total. The van der Waals surface area contributed by atoms with E-state index in [0.717, 1.165) is 6.08 Å². The van der Waals surface area contributed by atoms with Crippen molar-refractivity contribution >= 4 is 16.4 Å². The van der Waals surface area contributed by atoms with Crippen molar-refractivity contribution < 1.29 is 35.1 Å². The fourth-order valence-corrected chi connectivity index (χ4v) is 0.445. The van der Waals surface area contributed by atoms with Crippen molar-refractivity contribution in [2.45, 2.75) is 0 Å². The number of hydrogen-bond donors (Lipinski definition) is 2. The Bertz CT molecular complexity index is 265. The van der Waals surface area contributed by atoms with E-state index < -0.39 is 11.9 Å². The molecule has 0 atom stereocenters. The number of carboxylic acids is 2. The summed E-state index contributed by atoms with van der Waals surface area (Å²) in [6.45, 7) is 0. The van der Waals surface area contributed by atoms with E-state index in [-0.39, 0.29) is 4.45 Å². The normalized spacial score (nSPS) is 10.8. The molecule has 0 bridgehead atoms. The zero-order valence-corrected chi connectivity index (χ0v) is 6.89. The van der Waals surface area contributed by atoms with Crippen LogP contribution in [-0.4, -0.2) is 26.6 Å². The molecule has 0 saturated carbocycles. The van der Waals surface area contributed by atoms with Gasteiger partial charge in [0.1, 0.15) is 0 Å². The summed E-state index contributed by atoms with van der Waals surface area (Å²) in [5, 5.41) is 16.4. The quantitative estimate of drug-likeness (QED) is 0.508. The van der Waals surface area contributed by atoms with Crippen molar-refractivity contribution in [3.8, 4) is 0 Å². The van der Waals surface area contributed by atoms with Crippen LogP contribution in [0.15, 0.2) is 24.3 Å². The van der Waals surface area contributed by atoms with Crippen LogP contribution in [0.1, 0.15) is 0 Å². The van der Waals surface area contributed by atoms with Gasteiger partial charge in [0.25, 0.3) is 0 Å². The van der Waals surface area contributed by atoms with Crippen LogP contribution in [0.4, 0.5) is 0 Å². The molecule has 0 amide bonds. The third-order valence-electron chi connectivity index (χ3n) is 0.780. The second-order valence-electron chi connectivity index (χ2n) is 1.69. The molecule has 0 unspecified atom stereocenters. The minimum atomic E-state index is -1.16. The third kappa shape index (κ3) is 5.57. The summed E-state index contributed by atoms with van der Waals surface area (Å²) in [6.07, 6.45) is 4.56. The third-order valence-corrected chi connectivity index (χ3v) is 1.18. The number of allylic oxidation sites excluding steroid dienone is 2. The molecule has 12 heavy (non-hydrogen) atoms. The van der Waals surface area contributed by atoms with Crippen LogP contribution in [0.5, 0.6) is 0 Å². The fraction of sp³-hybridized carbons (Fsp3) is 0. The van der Waals surface area contributed by atoms with E-state index in [0.29, 0.717) is 0 Å². The molecule has 0 aliphatic rings. The summed E-state index contributed by atoms with van der Waals surface area (Å²) in [4.78, 5) is 20.0. The summed E-state index contributed by atoms with van der Waals surface area (Å²) in [6, 6.07) is 0. The van der Waals surface area contributed by atoms with Crippen LogP contribution in [0.3, 0.4) is 0 Å². The Morgan fingerprint density at radius 1 is 1.08 bits per heavy atom. The molecule has 2 N–H and O–H groups in total. The number of rotatable bonds is 4. The summed E-state index contributed by atoms with van der Waals surface area (Å²) < 4.78 is -0.155. The first-order valence-corrected chi connectivity index (χ1v) is 3.37. The molecule has 0 aliphatic heterocycles. The van der Waals surface area contributed by atoms with E-state index in [1.165, 1.54) is 18.2 Å². The molecular formula is C7H6CoO4. The fourth-order valence-electron chi connectivity index (χ4n) is 0.345. The molecule has 0 aliphatic carbocycles. The topological polar surface area (TPSA) is 74.6 Å². The number of hydrogen-bond acceptors (Lipinski definition) is 2. The maximum absolute atomic E-state index is 10.1. The Morgan fingerprint density at radius 2 is 1.58 bits per heavy atom. The number of aliphatic carboxylic acids is 2. The zero-order valence-electron chi connectivity index (χ0n) is 5.85. The minimum absolute atomic E-state index is 0.155. The Morgan fingerprint density at radius 3 is 2.00 bits per heavy atom. The molecule has 5 heteroatoms. The van der Waals surface area contributed by atoms with E-state index in [1.54, 1.807) is 0 Å². The van der Waals surface area contributed by atoms with Crippen molar-refractivity contribution in [3.05, 3.63) is 24.3 Å². The molecule has 0 fully saturated rings. The number of carbonyl (C=O) groups is 2. The van der Waals surface area contributed by atoms with Gasteiger partial charge in [0.15, 0.2) is 0 Å². The molecule has 0 heterocycles. The van der Waals surface area contributed by atoms with E-state index in [4.69, 9.17) is 10.2 Å². The monoisotopic (exact) mass is 213 g/mol. The first-order valence-electron chi connectivity index (χ1n) is 2.85. The van der Waals surface area contributed by atoms with Gasteiger partial charge in [0, 0.05) is 0 Å². The Kier molecular flexibility index (Phi) is 4.90. The van der Waals surface area contributed by atoms with Crippen LogP contribution in [0.2, 0.25) is 0 Å². The Labute approximate surface area is 76.3 Å². The molecule has 0 spiro atoms. The van der Waals surface area contributed by atoms with Gasteiger partial charge in [-0.2, -0.15) is 0 Å². The summed E-state index contributed by atoms with van der Waals surface area (Å²) in [5.74, 6) is -2.25. The molecule has 67 valence electrons. The first-order chi connectivity index (χ1) is 5.54. The van der Waals surface area contributed by atoms with Crippen molar-refractivity contribution in [2.75, 3.05) is 0 Å². The van der Waals surface area contributed by atoms with Gasteiger partial charge in [-0.15, -0.1) is 0 Å². The maximum atomic E-state index is 10.1. The van der Waals surface area contributed by atoms with Crippen molar-refractivity contribution in [2.24, 2.45) is 0 Å².